The standard InChI is InChI=1S/C19H25N3O6.C12H22N2O2.C7H4ClNO4/c1-18(2,3)28-17(24)21-12-19(13-21)8-10-20(11-9-19)16(23)27-15-6-4-14(5-7-15)22(25)26;1-11(2,3)16-10(15)14-8-12(9-14)4-6-13-7-5-12;8-7(10)13-6-3-1-5(2-4-6)9(11)12/h4-7H,8-13H2,1-3H3;13H,4-9H2,1-3H3;1-4H. The molecule has 19 heteroatoms. The van der Waals surface area contributed by atoms with E-state index in [1.54, 1.807) is 9.80 Å². The van der Waals surface area contributed by atoms with Crippen LogP contribution in [0.15, 0.2) is 48.5 Å². The third-order valence-corrected chi connectivity index (χ3v) is 9.73. The van der Waals surface area contributed by atoms with E-state index in [-0.39, 0.29) is 46.1 Å². The molecule has 312 valence electrons. The lowest BCUT2D eigenvalue weighted by molar-refractivity contribution is -0.385. The van der Waals surface area contributed by atoms with Crippen molar-refractivity contribution in [1.29, 1.82) is 0 Å². The number of piperidine rings is 2. The van der Waals surface area contributed by atoms with Crippen molar-refractivity contribution in [3.63, 3.8) is 0 Å². The van der Waals surface area contributed by atoms with Gasteiger partial charge in [0.25, 0.3) is 11.4 Å². The van der Waals surface area contributed by atoms with E-state index < -0.39 is 27.0 Å². The summed E-state index contributed by atoms with van der Waals surface area (Å²) >= 11 is 4.92. The van der Waals surface area contributed by atoms with Crippen molar-refractivity contribution in [3.05, 3.63) is 68.8 Å². The lowest BCUT2D eigenvalue weighted by atomic mass is 9.72. The Hall–Kier alpha value is -5.23. The third-order valence-electron chi connectivity index (χ3n) is 9.65. The number of nitro groups is 2. The maximum absolute atomic E-state index is 12.3. The molecule has 4 fully saturated rings. The fourth-order valence-electron chi connectivity index (χ4n) is 6.72. The Morgan fingerprint density at radius 2 is 0.982 bits per heavy atom. The number of nitrogens with one attached hydrogen (secondary N) is 1. The highest BCUT2D eigenvalue weighted by Crippen LogP contribution is 2.41. The number of amides is 3. The molecule has 3 amide bonds. The second-order valence-electron chi connectivity index (χ2n) is 16.6. The molecule has 4 saturated heterocycles. The van der Waals surface area contributed by atoms with Crippen LogP contribution in [0, 0.1) is 31.1 Å². The zero-order chi connectivity index (χ0) is 42.2. The summed E-state index contributed by atoms with van der Waals surface area (Å²) in [5.74, 6) is 0.446. The first kappa shape index (κ1) is 44.5. The van der Waals surface area contributed by atoms with Crippen molar-refractivity contribution in [2.45, 2.75) is 78.4 Å². The van der Waals surface area contributed by atoms with E-state index in [1.165, 1.54) is 61.4 Å². The lowest BCUT2D eigenvalue weighted by Gasteiger charge is -2.53. The van der Waals surface area contributed by atoms with Gasteiger partial charge in [-0.25, -0.2) is 19.2 Å². The van der Waals surface area contributed by atoms with Crippen molar-refractivity contribution in [2.24, 2.45) is 10.8 Å². The Balaban J connectivity index is 0.000000209. The molecule has 0 saturated carbocycles. The van der Waals surface area contributed by atoms with E-state index in [9.17, 15) is 39.4 Å². The van der Waals surface area contributed by atoms with Gasteiger partial charge in [-0.1, -0.05) is 0 Å². The van der Waals surface area contributed by atoms with Crippen LogP contribution in [0.3, 0.4) is 0 Å². The zero-order valence-corrected chi connectivity index (χ0v) is 33.9. The Labute approximate surface area is 336 Å². The summed E-state index contributed by atoms with van der Waals surface area (Å²) in [6.45, 7) is 17.6. The molecule has 2 aromatic carbocycles. The molecular weight excluding hydrogens is 768 g/mol. The largest absolute Gasteiger partial charge is 0.444 e. The van der Waals surface area contributed by atoms with Crippen LogP contribution >= 0.6 is 11.6 Å². The maximum atomic E-state index is 12.3. The normalized spacial score (nSPS) is 17.9. The maximum Gasteiger partial charge on any atom is 0.415 e. The fourth-order valence-corrected chi connectivity index (χ4v) is 6.81. The highest BCUT2D eigenvalue weighted by molar-refractivity contribution is 6.61. The molecule has 0 bridgehead atoms. The number of rotatable bonds is 4. The van der Waals surface area contributed by atoms with Crippen LogP contribution in [-0.4, -0.2) is 112 Å². The minimum atomic E-state index is -0.978. The van der Waals surface area contributed by atoms with Crippen LogP contribution in [0.2, 0.25) is 0 Å². The van der Waals surface area contributed by atoms with Gasteiger partial charge in [0.05, 0.1) is 9.85 Å². The Kier molecular flexibility index (Phi) is 14.3. The molecule has 1 N–H and O–H groups in total. The minimum absolute atomic E-state index is 0.0427. The summed E-state index contributed by atoms with van der Waals surface area (Å²) < 4.78 is 20.5. The van der Waals surface area contributed by atoms with Crippen molar-refractivity contribution >= 4 is 46.7 Å². The number of ether oxygens (including phenoxy) is 4. The van der Waals surface area contributed by atoms with Crippen LogP contribution in [0.4, 0.5) is 30.6 Å². The molecule has 2 spiro atoms. The number of halogens is 1. The average molecular weight is 819 g/mol. The molecular formula is C38H51ClN6O12. The molecule has 0 radical (unpaired) electrons. The third kappa shape index (κ3) is 13.4. The van der Waals surface area contributed by atoms with Gasteiger partial charge in [-0.2, -0.15) is 0 Å². The molecule has 57 heavy (non-hydrogen) atoms. The van der Waals surface area contributed by atoms with Crippen molar-refractivity contribution in [1.82, 2.24) is 20.0 Å². The summed E-state index contributed by atoms with van der Waals surface area (Å²) in [5, 5.41) is 24.2. The van der Waals surface area contributed by atoms with Crippen molar-refractivity contribution < 1.29 is 48.0 Å². The SMILES string of the molecule is CC(C)(C)OC(=O)N1CC2(CCN(C(=O)Oc3ccc([N+](=O)[O-])cc3)CC2)C1.CC(C)(C)OC(=O)N1CC2(CCNCC2)C1.O=C(Cl)Oc1ccc([N+](=O)[O-])cc1. The van der Waals surface area contributed by atoms with Crippen molar-refractivity contribution in [3.8, 4) is 11.5 Å². The quantitative estimate of drug-likeness (QED) is 0.182. The zero-order valence-electron chi connectivity index (χ0n) is 33.1. The first-order chi connectivity index (χ1) is 26.6. The average Bonchev–Trinajstić information content (AvgIpc) is 3.09. The number of likely N-dealkylation sites (tertiary alicyclic amines) is 3. The second kappa shape index (κ2) is 18.4. The van der Waals surface area contributed by atoms with Gasteiger partial charge in [0.1, 0.15) is 22.7 Å². The summed E-state index contributed by atoms with van der Waals surface area (Å²) in [7, 11) is 0. The summed E-state index contributed by atoms with van der Waals surface area (Å²) in [6, 6.07) is 10.4. The van der Waals surface area contributed by atoms with E-state index in [0.29, 0.717) is 31.6 Å². The van der Waals surface area contributed by atoms with Gasteiger partial charge in [0.15, 0.2) is 0 Å². The molecule has 2 aromatic rings. The first-order valence-corrected chi connectivity index (χ1v) is 18.9. The van der Waals surface area contributed by atoms with Gasteiger partial charge in [0.2, 0.25) is 0 Å². The van der Waals surface area contributed by atoms with E-state index in [1.807, 2.05) is 46.4 Å². The van der Waals surface area contributed by atoms with Crippen LogP contribution in [0.25, 0.3) is 0 Å². The molecule has 0 atom stereocenters. The van der Waals surface area contributed by atoms with Gasteiger partial charge >= 0.3 is 23.7 Å². The number of carbonyl (C=O) groups is 4. The predicted molar refractivity (Wildman–Crippen MR) is 207 cm³/mol. The molecule has 0 unspecified atom stereocenters. The highest BCUT2D eigenvalue weighted by atomic mass is 35.5. The molecule has 0 aliphatic carbocycles. The van der Waals surface area contributed by atoms with Crippen LogP contribution < -0.4 is 14.8 Å². The first-order valence-electron chi connectivity index (χ1n) is 18.6. The Bertz CT molecular complexity index is 1750. The monoisotopic (exact) mass is 818 g/mol. The molecule has 6 rings (SSSR count). The van der Waals surface area contributed by atoms with E-state index in [4.69, 9.17) is 25.8 Å². The van der Waals surface area contributed by atoms with Crippen molar-refractivity contribution in [2.75, 3.05) is 52.4 Å². The summed E-state index contributed by atoms with van der Waals surface area (Å²) in [6.07, 6.45) is 3.05. The van der Waals surface area contributed by atoms with Crippen LogP contribution in [0.5, 0.6) is 11.5 Å². The van der Waals surface area contributed by atoms with Gasteiger partial charge < -0.3 is 39.0 Å². The number of hydrogen-bond acceptors (Lipinski definition) is 13. The topological polar surface area (TPSA) is 213 Å². The summed E-state index contributed by atoms with van der Waals surface area (Å²) in [4.78, 5) is 71.4. The molecule has 4 aliphatic heterocycles. The summed E-state index contributed by atoms with van der Waals surface area (Å²) in [5.41, 5.74) is -1.57. The number of benzene rings is 2. The second-order valence-corrected chi connectivity index (χ2v) is 16.9. The Morgan fingerprint density at radius 3 is 1.33 bits per heavy atom. The van der Waals surface area contributed by atoms with Gasteiger partial charge in [-0.15, -0.1) is 0 Å². The molecule has 4 heterocycles. The number of non-ortho nitro benzene ring substituents is 2. The molecule has 18 nitrogen and oxygen atoms in total. The van der Waals surface area contributed by atoms with E-state index in [2.05, 4.69) is 10.1 Å². The number of nitrogens with zero attached hydrogens (tertiary/aromatic N) is 5. The molecule has 0 aromatic heterocycles. The fraction of sp³-hybridized carbons (Fsp3) is 0.579. The predicted octanol–water partition coefficient (Wildman–Crippen LogP) is 7.37. The lowest BCUT2D eigenvalue weighted by Crippen LogP contribution is -2.62. The van der Waals surface area contributed by atoms with Crippen LogP contribution in [-0.2, 0) is 9.47 Å². The van der Waals surface area contributed by atoms with E-state index in [0.717, 1.165) is 39.0 Å². The highest BCUT2D eigenvalue weighted by Gasteiger charge is 2.49. The minimum Gasteiger partial charge on any atom is -0.444 e. The van der Waals surface area contributed by atoms with Gasteiger partial charge in [-0.3, -0.25) is 20.2 Å². The molecule has 4 aliphatic rings. The smallest absolute Gasteiger partial charge is 0.415 e. The number of hydrogen-bond donors (Lipinski definition) is 1. The van der Waals surface area contributed by atoms with Gasteiger partial charge in [-0.05, 0) is 105 Å². The number of nitro benzene ring substituents is 2. The van der Waals surface area contributed by atoms with E-state index >= 15 is 0 Å². The van der Waals surface area contributed by atoms with Gasteiger partial charge in [0, 0.05) is 86.0 Å². The van der Waals surface area contributed by atoms with Crippen LogP contribution in [0.1, 0.15) is 67.2 Å². The Morgan fingerprint density at radius 1 is 0.614 bits per heavy atom. The number of carbonyl (C=O) groups excluding carboxylic acids is 4.